The van der Waals surface area contributed by atoms with Crippen LogP contribution in [0.15, 0.2) is 400 Å². The number of nitrogens with zero attached hydrogens (tertiary/aromatic N) is 8. The van der Waals surface area contributed by atoms with E-state index in [1.807, 2.05) is 18.2 Å². The van der Waals surface area contributed by atoms with Crippen LogP contribution in [0.3, 0.4) is 0 Å². The van der Waals surface area contributed by atoms with Crippen LogP contribution in [0.5, 0.6) is 0 Å². The van der Waals surface area contributed by atoms with E-state index < -0.39 is 0 Å². The fourth-order valence-corrected chi connectivity index (χ4v) is 17.0. The molecular formula is C104H66N8. The molecule has 0 saturated carbocycles. The maximum atomic E-state index is 5.40. The number of para-hydroxylation sites is 5. The Morgan fingerprint density at radius 3 is 0.795 bits per heavy atom. The van der Waals surface area contributed by atoms with Crippen molar-refractivity contribution in [3.8, 4) is 124 Å². The molecule has 522 valence electrons. The molecule has 0 atom stereocenters. The van der Waals surface area contributed by atoms with Gasteiger partial charge in [0, 0.05) is 99.2 Å². The van der Waals surface area contributed by atoms with Gasteiger partial charge in [-0.2, -0.15) is 0 Å². The summed E-state index contributed by atoms with van der Waals surface area (Å²) in [5.74, 6) is 1.34. The third kappa shape index (κ3) is 10.9. The van der Waals surface area contributed by atoms with Crippen molar-refractivity contribution in [2.75, 3.05) is 0 Å². The highest BCUT2D eigenvalue weighted by Gasteiger charge is 2.22. The Balaban J connectivity index is 0.562. The second-order valence-corrected chi connectivity index (χ2v) is 28.9. The smallest absolute Gasteiger partial charge is 0.160 e. The van der Waals surface area contributed by atoms with Gasteiger partial charge >= 0.3 is 0 Å². The molecular weight excluding hydrogens is 1360 g/mol. The van der Waals surface area contributed by atoms with E-state index in [9.17, 15) is 0 Å². The van der Waals surface area contributed by atoms with Crippen molar-refractivity contribution in [1.82, 2.24) is 38.2 Å². The molecule has 0 saturated heterocycles. The van der Waals surface area contributed by atoms with Crippen molar-refractivity contribution >= 4 is 87.2 Å². The Labute approximate surface area is 645 Å². The van der Waals surface area contributed by atoms with Crippen LogP contribution in [-0.4, -0.2) is 38.2 Å². The molecule has 16 aromatic carbocycles. The summed E-state index contributed by atoms with van der Waals surface area (Å²) in [6.45, 7) is 0. The van der Waals surface area contributed by atoms with Crippen molar-refractivity contribution in [3.63, 3.8) is 0 Å². The van der Waals surface area contributed by atoms with Gasteiger partial charge in [-0.25, -0.2) is 19.9 Å². The minimum Gasteiger partial charge on any atom is -0.309 e. The maximum absolute atomic E-state index is 5.40. The van der Waals surface area contributed by atoms with E-state index in [0.717, 1.165) is 140 Å². The van der Waals surface area contributed by atoms with Gasteiger partial charge in [0.05, 0.1) is 66.9 Å². The van der Waals surface area contributed by atoms with Crippen LogP contribution in [0.2, 0.25) is 0 Å². The van der Waals surface area contributed by atoms with Crippen molar-refractivity contribution in [2.45, 2.75) is 0 Å². The highest BCUT2D eigenvalue weighted by atomic mass is 15.0. The Hall–Kier alpha value is -15.1. The minimum absolute atomic E-state index is 0.657. The largest absolute Gasteiger partial charge is 0.309 e. The van der Waals surface area contributed by atoms with E-state index >= 15 is 0 Å². The molecule has 0 radical (unpaired) electrons. The zero-order chi connectivity index (χ0) is 73.7. The molecule has 112 heavy (non-hydrogen) atoms. The standard InChI is InChI=1S/C104H66N8/c1-5-22-68(23-6-1)91-65-92(69-24-7-2-8-25-69)106-103(105-91)71-42-52-81(53-43-71)111-98-39-20-16-35-86(98)89-62-75(48-58-101(89)111)74-47-57-100-88(61-74)85-34-15-19-38-97(85)110(100)80-50-40-67(41-51-80)73-28-21-29-78(60-73)94-66-93(70-26-9-3-10-27-70)107-104(108-94)72-44-54-82(55-45-72)112-95-36-17-13-32-83(95)87-56-46-77(64-102(87)112)76-49-59-99-90(63-76)84-33-14-18-37-96(84)109(99)79-30-11-4-12-31-79/h1-66H. The summed E-state index contributed by atoms with van der Waals surface area (Å²) in [5.41, 5.74) is 29.9. The summed E-state index contributed by atoms with van der Waals surface area (Å²) >= 11 is 0. The molecule has 0 unspecified atom stereocenters. The number of aromatic nitrogens is 8. The molecule has 0 aliphatic carbocycles. The van der Waals surface area contributed by atoms with Crippen LogP contribution in [0, 0.1) is 0 Å². The SMILES string of the molecule is c1ccc(-c2cc(-c3ccccc3)nc(-c3ccc(-n4c5ccccc5c5cc(-c6ccc7c(c6)c6ccccc6n7-c6ccc(-c7cccc(-c8cc(-c9ccccc9)nc(-c9ccc(-n%10c%11ccccc%11c%11ccc(-c%12ccc%13c(c%12)c%12ccccc%12n%13-c%12ccccc%12)cc%11%10)cc9)n8)c7)cc6)ccc54)cc3)n2)cc1. The lowest BCUT2D eigenvalue weighted by Crippen LogP contribution is -1.97. The third-order valence-electron chi connectivity index (χ3n) is 22.4. The highest BCUT2D eigenvalue weighted by molar-refractivity contribution is 6.15. The normalized spacial score (nSPS) is 11.8. The highest BCUT2D eigenvalue weighted by Crippen LogP contribution is 2.43. The summed E-state index contributed by atoms with van der Waals surface area (Å²) in [5, 5.41) is 9.66. The molecule has 0 aliphatic rings. The van der Waals surface area contributed by atoms with Crippen LogP contribution in [0.4, 0.5) is 0 Å². The first-order valence-corrected chi connectivity index (χ1v) is 38.1. The minimum atomic E-state index is 0.657. The van der Waals surface area contributed by atoms with Crippen LogP contribution in [-0.2, 0) is 0 Å². The Kier molecular flexibility index (Phi) is 15.1. The summed E-state index contributed by atoms with van der Waals surface area (Å²) in [6.07, 6.45) is 0. The average Bonchev–Trinajstić information content (AvgIpc) is 1.59. The van der Waals surface area contributed by atoms with Gasteiger partial charge in [0.15, 0.2) is 11.6 Å². The fourth-order valence-electron chi connectivity index (χ4n) is 17.0. The lowest BCUT2D eigenvalue weighted by atomic mass is 10.00. The number of hydrogen-bond acceptors (Lipinski definition) is 4. The molecule has 0 bridgehead atoms. The summed E-state index contributed by atoms with van der Waals surface area (Å²) in [6, 6.07) is 144. The van der Waals surface area contributed by atoms with Gasteiger partial charge in [0.1, 0.15) is 0 Å². The summed E-state index contributed by atoms with van der Waals surface area (Å²) < 4.78 is 9.55. The summed E-state index contributed by atoms with van der Waals surface area (Å²) in [7, 11) is 0. The zero-order valence-electron chi connectivity index (χ0n) is 60.7. The second kappa shape index (κ2) is 26.4. The van der Waals surface area contributed by atoms with E-state index in [-0.39, 0.29) is 0 Å². The topological polar surface area (TPSA) is 71.3 Å². The molecule has 6 heterocycles. The number of benzene rings is 16. The van der Waals surface area contributed by atoms with Gasteiger partial charge in [-0.15, -0.1) is 0 Å². The van der Waals surface area contributed by atoms with Gasteiger partial charge < -0.3 is 18.3 Å². The lowest BCUT2D eigenvalue weighted by molar-refractivity contribution is 1.16. The van der Waals surface area contributed by atoms with Crippen molar-refractivity contribution in [2.24, 2.45) is 0 Å². The molecule has 0 amide bonds. The van der Waals surface area contributed by atoms with E-state index in [4.69, 9.17) is 19.9 Å². The average molecular weight is 1430 g/mol. The number of rotatable bonds is 13. The van der Waals surface area contributed by atoms with Gasteiger partial charge in [0.2, 0.25) is 0 Å². The first-order chi connectivity index (χ1) is 55.5. The molecule has 22 aromatic rings. The first-order valence-electron chi connectivity index (χ1n) is 38.1. The predicted molar refractivity (Wildman–Crippen MR) is 464 cm³/mol. The number of fused-ring (bicyclic) bond motifs is 12. The molecule has 6 aromatic heterocycles. The molecule has 8 nitrogen and oxygen atoms in total. The molecule has 22 rings (SSSR count). The van der Waals surface area contributed by atoms with Gasteiger partial charge in [0.25, 0.3) is 0 Å². The summed E-state index contributed by atoms with van der Waals surface area (Å²) in [4.78, 5) is 21.0. The molecule has 8 heteroatoms. The predicted octanol–water partition coefficient (Wildman–Crippen LogP) is 26.7. The maximum Gasteiger partial charge on any atom is 0.160 e. The van der Waals surface area contributed by atoms with Crippen LogP contribution < -0.4 is 0 Å². The van der Waals surface area contributed by atoms with E-state index in [1.165, 1.54) is 59.7 Å². The van der Waals surface area contributed by atoms with Gasteiger partial charge in [-0.3, -0.25) is 0 Å². The van der Waals surface area contributed by atoms with Crippen molar-refractivity contribution in [1.29, 1.82) is 0 Å². The van der Waals surface area contributed by atoms with Gasteiger partial charge in [-0.1, -0.05) is 243 Å². The van der Waals surface area contributed by atoms with Crippen molar-refractivity contribution in [3.05, 3.63) is 400 Å². The monoisotopic (exact) mass is 1430 g/mol. The second-order valence-electron chi connectivity index (χ2n) is 28.9. The van der Waals surface area contributed by atoms with Crippen LogP contribution in [0.1, 0.15) is 0 Å². The Morgan fingerprint density at radius 2 is 0.393 bits per heavy atom. The third-order valence-corrected chi connectivity index (χ3v) is 22.4. The van der Waals surface area contributed by atoms with Crippen molar-refractivity contribution < 1.29 is 0 Å². The van der Waals surface area contributed by atoms with E-state index in [0.29, 0.717) is 11.6 Å². The Bertz CT molecular complexity index is 7380. The first kappa shape index (κ1) is 64.1. The molecule has 0 aliphatic heterocycles. The molecule has 0 fully saturated rings. The quantitative estimate of drug-likeness (QED) is 0.115. The van der Waals surface area contributed by atoms with Gasteiger partial charge in [-0.05, 0) is 191 Å². The lowest BCUT2D eigenvalue weighted by Gasteiger charge is -2.13. The fraction of sp³-hybridized carbons (Fsp3) is 0. The molecule has 0 N–H and O–H groups in total. The van der Waals surface area contributed by atoms with Crippen LogP contribution >= 0.6 is 0 Å². The van der Waals surface area contributed by atoms with E-state index in [2.05, 4.69) is 400 Å². The zero-order valence-corrected chi connectivity index (χ0v) is 60.7. The number of hydrogen-bond donors (Lipinski definition) is 0. The molecule has 0 spiro atoms. The van der Waals surface area contributed by atoms with E-state index in [1.54, 1.807) is 0 Å². The van der Waals surface area contributed by atoms with Crippen LogP contribution in [0.25, 0.3) is 211 Å². The Morgan fingerprint density at radius 1 is 0.134 bits per heavy atom.